The van der Waals surface area contributed by atoms with Gasteiger partial charge in [-0.05, 0) is 36.8 Å². The van der Waals surface area contributed by atoms with Gasteiger partial charge in [0.1, 0.15) is 0 Å². The Kier molecular flexibility index (Phi) is 5.73. The van der Waals surface area contributed by atoms with Gasteiger partial charge in [0.15, 0.2) is 16.6 Å². The lowest BCUT2D eigenvalue weighted by Gasteiger charge is -2.36. The number of aromatic hydroxyl groups is 1. The molecule has 4 rings (SSSR count). The van der Waals surface area contributed by atoms with Crippen LogP contribution < -0.4 is 10.1 Å². The molecule has 7 nitrogen and oxygen atoms in total. The maximum absolute atomic E-state index is 10.3. The Morgan fingerprint density at radius 2 is 2.06 bits per heavy atom. The van der Waals surface area contributed by atoms with Gasteiger partial charge in [0.2, 0.25) is 5.82 Å². The third kappa shape index (κ3) is 3.89. The van der Waals surface area contributed by atoms with Crippen molar-refractivity contribution in [1.29, 1.82) is 0 Å². The molecule has 0 saturated heterocycles. The van der Waals surface area contributed by atoms with Crippen molar-refractivity contribution in [1.82, 2.24) is 20.4 Å². The molecule has 0 saturated carbocycles. The first kappa shape index (κ1) is 20.6. The standard InChI is InChI=1S/C23H22N4O3S/c1-4-12-27-14(2)19(22-25-21(26-30-22)15-8-6-5-7-9-15)20(24-23(27)31)16-10-11-18(29-3)17(28)13-16/h4-11,13,20,28H,1,12H2,2-3H3,(H,24,31). The van der Waals surface area contributed by atoms with Crippen molar-refractivity contribution in [3.8, 4) is 22.9 Å². The van der Waals surface area contributed by atoms with E-state index in [1.54, 1.807) is 18.2 Å². The number of aromatic nitrogens is 2. The molecule has 2 heterocycles. The molecule has 8 heteroatoms. The lowest BCUT2D eigenvalue weighted by Crippen LogP contribution is -2.45. The van der Waals surface area contributed by atoms with E-state index >= 15 is 0 Å². The number of nitrogens with one attached hydrogen (secondary N) is 1. The highest BCUT2D eigenvalue weighted by atomic mass is 32.1. The van der Waals surface area contributed by atoms with E-state index in [0.29, 0.717) is 29.1 Å². The molecule has 1 aliphatic heterocycles. The molecule has 2 aromatic carbocycles. The van der Waals surface area contributed by atoms with Crippen molar-refractivity contribution in [3.05, 3.63) is 78.3 Å². The molecule has 0 spiro atoms. The highest BCUT2D eigenvalue weighted by Gasteiger charge is 2.34. The summed E-state index contributed by atoms with van der Waals surface area (Å²) in [5.41, 5.74) is 3.28. The number of rotatable bonds is 6. The third-order valence-corrected chi connectivity index (χ3v) is 5.47. The SMILES string of the molecule is C=CCN1C(=S)NC(c2ccc(OC)c(O)c2)C(c2nc(-c3ccccc3)no2)=C1C. The van der Waals surface area contributed by atoms with E-state index in [1.165, 1.54) is 7.11 Å². The Morgan fingerprint density at radius 3 is 2.74 bits per heavy atom. The zero-order chi connectivity index (χ0) is 22.0. The summed E-state index contributed by atoms with van der Waals surface area (Å²) in [6.07, 6.45) is 1.78. The summed E-state index contributed by atoms with van der Waals surface area (Å²) in [6.45, 7) is 6.31. The lowest BCUT2D eigenvalue weighted by molar-refractivity contribution is 0.372. The molecule has 158 valence electrons. The van der Waals surface area contributed by atoms with Crippen LogP contribution >= 0.6 is 12.2 Å². The molecule has 31 heavy (non-hydrogen) atoms. The average molecular weight is 435 g/mol. The third-order valence-electron chi connectivity index (χ3n) is 5.13. The number of methoxy groups -OCH3 is 1. The molecular formula is C23H22N4O3S. The quantitative estimate of drug-likeness (QED) is 0.439. The molecule has 1 unspecified atom stereocenters. The van der Waals surface area contributed by atoms with Crippen LogP contribution in [0.2, 0.25) is 0 Å². The Hall–Kier alpha value is -3.65. The monoisotopic (exact) mass is 434 g/mol. The maximum Gasteiger partial charge on any atom is 0.258 e. The number of phenols is 1. The average Bonchev–Trinajstić information content (AvgIpc) is 3.26. The van der Waals surface area contributed by atoms with E-state index in [4.69, 9.17) is 21.5 Å². The van der Waals surface area contributed by atoms with Gasteiger partial charge in [-0.1, -0.05) is 47.6 Å². The molecule has 0 amide bonds. The minimum Gasteiger partial charge on any atom is -0.504 e. The molecule has 3 aromatic rings. The number of ether oxygens (including phenoxy) is 1. The number of hydrogen-bond donors (Lipinski definition) is 2. The second kappa shape index (κ2) is 8.61. The van der Waals surface area contributed by atoms with Crippen molar-refractivity contribution in [2.75, 3.05) is 13.7 Å². The van der Waals surface area contributed by atoms with Crippen molar-refractivity contribution >= 4 is 22.9 Å². The fourth-order valence-corrected chi connectivity index (χ4v) is 3.91. The van der Waals surface area contributed by atoms with Gasteiger partial charge in [-0.25, -0.2) is 0 Å². The fraction of sp³-hybridized carbons (Fsp3) is 0.174. The Labute approximate surface area is 185 Å². The van der Waals surface area contributed by atoms with Crippen LogP contribution in [0.15, 0.2) is 71.4 Å². The van der Waals surface area contributed by atoms with Crippen LogP contribution in [0.1, 0.15) is 24.4 Å². The predicted octanol–water partition coefficient (Wildman–Crippen LogP) is 4.30. The zero-order valence-electron chi connectivity index (χ0n) is 17.2. The minimum atomic E-state index is -0.394. The number of allylic oxidation sites excluding steroid dienone is 1. The molecule has 1 aromatic heterocycles. The van der Waals surface area contributed by atoms with Crippen LogP contribution in [0.3, 0.4) is 0 Å². The van der Waals surface area contributed by atoms with Gasteiger partial charge in [0, 0.05) is 17.8 Å². The van der Waals surface area contributed by atoms with Gasteiger partial charge >= 0.3 is 0 Å². The summed E-state index contributed by atoms with van der Waals surface area (Å²) < 4.78 is 10.8. The number of nitrogens with zero attached hydrogens (tertiary/aromatic N) is 3. The van der Waals surface area contributed by atoms with Crippen LogP contribution in [0.25, 0.3) is 17.0 Å². The molecule has 1 aliphatic rings. The molecular weight excluding hydrogens is 412 g/mol. The van der Waals surface area contributed by atoms with E-state index in [9.17, 15) is 5.11 Å². The molecule has 0 bridgehead atoms. The number of phenolic OH excluding ortho intramolecular Hbond substituents is 1. The smallest absolute Gasteiger partial charge is 0.258 e. The van der Waals surface area contributed by atoms with Crippen molar-refractivity contribution in [2.45, 2.75) is 13.0 Å². The van der Waals surface area contributed by atoms with Gasteiger partial charge in [-0.2, -0.15) is 4.98 Å². The van der Waals surface area contributed by atoms with Crippen molar-refractivity contribution < 1.29 is 14.4 Å². The summed E-state index contributed by atoms with van der Waals surface area (Å²) in [7, 11) is 1.51. The van der Waals surface area contributed by atoms with Crippen LogP contribution in [0.5, 0.6) is 11.5 Å². The number of benzene rings is 2. The van der Waals surface area contributed by atoms with E-state index < -0.39 is 6.04 Å². The van der Waals surface area contributed by atoms with E-state index in [2.05, 4.69) is 22.0 Å². The second-order valence-corrected chi connectivity index (χ2v) is 7.39. The molecule has 0 aliphatic carbocycles. The van der Waals surface area contributed by atoms with E-state index in [0.717, 1.165) is 22.4 Å². The molecule has 1 atom stereocenters. The first-order valence-electron chi connectivity index (χ1n) is 9.69. The van der Waals surface area contributed by atoms with Gasteiger partial charge in [-0.3, -0.25) is 0 Å². The van der Waals surface area contributed by atoms with Gasteiger partial charge in [0.05, 0.1) is 18.7 Å². The molecule has 0 fully saturated rings. The summed E-state index contributed by atoms with van der Waals surface area (Å²) in [4.78, 5) is 6.57. The largest absolute Gasteiger partial charge is 0.504 e. The maximum atomic E-state index is 10.3. The minimum absolute atomic E-state index is 0.0359. The van der Waals surface area contributed by atoms with Gasteiger partial charge < -0.3 is 24.6 Å². The number of hydrogen-bond acceptors (Lipinski definition) is 6. The highest BCUT2D eigenvalue weighted by molar-refractivity contribution is 7.80. The molecule has 2 N–H and O–H groups in total. The van der Waals surface area contributed by atoms with Crippen molar-refractivity contribution in [2.24, 2.45) is 0 Å². The normalized spacial score (nSPS) is 16.3. The van der Waals surface area contributed by atoms with Crippen molar-refractivity contribution in [3.63, 3.8) is 0 Å². The van der Waals surface area contributed by atoms with Gasteiger partial charge in [-0.15, -0.1) is 6.58 Å². The van der Waals surface area contributed by atoms with E-state index in [-0.39, 0.29) is 5.75 Å². The fourth-order valence-electron chi connectivity index (χ4n) is 3.58. The predicted molar refractivity (Wildman–Crippen MR) is 122 cm³/mol. The summed E-state index contributed by atoms with van der Waals surface area (Å²) in [6, 6.07) is 14.4. The van der Waals surface area contributed by atoms with Crippen LogP contribution in [-0.2, 0) is 0 Å². The summed E-state index contributed by atoms with van der Waals surface area (Å²) >= 11 is 5.59. The van der Waals surface area contributed by atoms with Crippen LogP contribution in [-0.4, -0.2) is 38.9 Å². The second-order valence-electron chi connectivity index (χ2n) is 7.00. The Bertz CT molecular complexity index is 1160. The van der Waals surface area contributed by atoms with Gasteiger partial charge in [0.25, 0.3) is 5.89 Å². The highest BCUT2D eigenvalue weighted by Crippen LogP contribution is 2.39. The van der Waals surface area contributed by atoms with Crippen LogP contribution in [0, 0.1) is 0 Å². The number of thiocarbonyl (C=S) groups is 1. The molecule has 0 radical (unpaired) electrons. The van der Waals surface area contributed by atoms with Crippen LogP contribution in [0.4, 0.5) is 0 Å². The summed E-state index contributed by atoms with van der Waals surface area (Å²) in [5, 5.41) is 18.4. The summed E-state index contributed by atoms with van der Waals surface area (Å²) in [5.74, 6) is 1.30. The lowest BCUT2D eigenvalue weighted by atomic mass is 9.94. The first-order chi connectivity index (χ1) is 15.0. The zero-order valence-corrected chi connectivity index (χ0v) is 18.0. The first-order valence-corrected chi connectivity index (χ1v) is 10.1. The van der Waals surface area contributed by atoms with E-state index in [1.807, 2.05) is 48.2 Å². The Morgan fingerprint density at radius 1 is 1.29 bits per heavy atom. The Balaban J connectivity index is 1.83. The topological polar surface area (TPSA) is 83.7 Å².